The van der Waals surface area contributed by atoms with Gasteiger partial charge in [-0.15, -0.1) is 0 Å². The van der Waals surface area contributed by atoms with Gasteiger partial charge in [0.15, 0.2) is 14.9 Å². The van der Waals surface area contributed by atoms with Gasteiger partial charge in [0.1, 0.15) is 5.75 Å². The van der Waals surface area contributed by atoms with Crippen molar-refractivity contribution >= 4 is 15.9 Å². The fourth-order valence-corrected chi connectivity index (χ4v) is 6.17. The molecular formula is C24H36N2O6S. The number of amides is 1. The second kappa shape index (κ2) is 10.2. The van der Waals surface area contributed by atoms with Gasteiger partial charge in [-0.25, -0.2) is 18.2 Å². The van der Waals surface area contributed by atoms with Crippen molar-refractivity contribution in [2.45, 2.75) is 107 Å². The van der Waals surface area contributed by atoms with Gasteiger partial charge in [0.25, 0.3) is 0 Å². The first-order valence-electron chi connectivity index (χ1n) is 12.2. The lowest BCUT2D eigenvalue weighted by atomic mass is 9.94. The fourth-order valence-electron chi connectivity index (χ4n) is 4.55. The standard InChI is InChI=1S/C24H36N2O6S/c1-16(2)30-24(27)26-14-12-20(13-15-26)31-18-4-6-19(7-5-18)32-22-10-11-23(25-17(22)3)33(28,29)21-8-9-21/h10-11,16,18-21H,4-9,12-15H2,1-3H3. The molecule has 0 aromatic carbocycles. The van der Waals surface area contributed by atoms with E-state index in [9.17, 15) is 13.2 Å². The highest BCUT2D eigenvalue weighted by Gasteiger charge is 2.38. The Kier molecular flexibility index (Phi) is 7.48. The van der Waals surface area contributed by atoms with E-state index < -0.39 is 9.84 Å². The molecule has 1 saturated heterocycles. The SMILES string of the molecule is Cc1nc(S(=O)(=O)C2CC2)ccc1OC1CCC(OC2CCN(C(=O)OC(C)C)CC2)CC1. The minimum Gasteiger partial charge on any atom is -0.489 e. The predicted octanol–water partition coefficient (Wildman–Crippen LogP) is 4.04. The van der Waals surface area contributed by atoms with E-state index in [0.29, 0.717) is 24.5 Å². The van der Waals surface area contributed by atoms with Crippen LogP contribution in [0.1, 0.15) is 70.9 Å². The van der Waals surface area contributed by atoms with Crippen LogP contribution in [-0.4, -0.2) is 67.2 Å². The zero-order chi connectivity index (χ0) is 23.6. The maximum absolute atomic E-state index is 12.4. The molecule has 4 rings (SSSR count). The van der Waals surface area contributed by atoms with Crippen molar-refractivity contribution in [2.24, 2.45) is 0 Å². The number of ether oxygens (including phenoxy) is 3. The van der Waals surface area contributed by atoms with Crippen molar-refractivity contribution in [2.75, 3.05) is 13.1 Å². The molecule has 8 nitrogen and oxygen atoms in total. The van der Waals surface area contributed by atoms with E-state index in [0.717, 1.165) is 51.4 Å². The minimum atomic E-state index is -3.29. The van der Waals surface area contributed by atoms with Gasteiger partial charge in [-0.2, -0.15) is 0 Å². The Hall–Kier alpha value is -1.87. The maximum atomic E-state index is 12.4. The van der Waals surface area contributed by atoms with Gasteiger partial charge in [-0.05, 0) is 84.3 Å². The summed E-state index contributed by atoms with van der Waals surface area (Å²) < 4.78 is 42.6. The van der Waals surface area contributed by atoms with E-state index >= 15 is 0 Å². The quantitative estimate of drug-likeness (QED) is 0.581. The van der Waals surface area contributed by atoms with E-state index in [2.05, 4.69) is 4.98 Å². The lowest BCUT2D eigenvalue weighted by Crippen LogP contribution is -2.43. The number of likely N-dealkylation sites (tertiary alicyclic amines) is 1. The van der Waals surface area contributed by atoms with Crippen LogP contribution < -0.4 is 4.74 Å². The number of pyridine rings is 1. The zero-order valence-corrected chi connectivity index (χ0v) is 20.7. The lowest BCUT2D eigenvalue weighted by Gasteiger charge is -2.36. The molecule has 1 aromatic heterocycles. The summed E-state index contributed by atoms with van der Waals surface area (Å²) in [5.74, 6) is 0.662. The van der Waals surface area contributed by atoms with Gasteiger partial charge < -0.3 is 19.1 Å². The number of carbonyl (C=O) groups excluding carboxylic acids is 1. The van der Waals surface area contributed by atoms with E-state index in [1.807, 2.05) is 13.8 Å². The Morgan fingerprint density at radius 1 is 0.970 bits per heavy atom. The largest absolute Gasteiger partial charge is 0.489 e. The van der Waals surface area contributed by atoms with Crippen LogP contribution in [-0.2, 0) is 19.3 Å². The normalized spacial score (nSPS) is 24.7. The number of hydrogen-bond donors (Lipinski definition) is 0. The van der Waals surface area contributed by atoms with Crippen molar-refractivity contribution in [3.63, 3.8) is 0 Å². The third-order valence-corrected chi connectivity index (χ3v) is 8.76. The van der Waals surface area contributed by atoms with Crippen LogP contribution in [0, 0.1) is 6.92 Å². The van der Waals surface area contributed by atoms with Crippen LogP contribution in [0.3, 0.4) is 0 Å². The molecule has 1 amide bonds. The average Bonchev–Trinajstić information content (AvgIpc) is 3.62. The maximum Gasteiger partial charge on any atom is 0.410 e. The van der Waals surface area contributed by atoms with Crippen LogP contribution in [0.15, 0.2) is 17.2 Å². The van der Waals surface area contributed by atoms with Crippen LogP contribution in [0.4, 0.5) is 4.79 Å². The van der Waals surface area contributed by atoms with Gasteiger partial charge in [0, 0.05) is 13.1 Å². The molecule has 0 unspecified atom stereocenters. The van der Waals surface area contributed by atoms with Crippen molar-refractivity contribution in [1.29, 1.82) is 0 Å². The van der Waals surface area contributed by atoms with Gasteiger partial charge >= 0.3 is 6.09 Å². The van der Waals surface area contributed by atoms with Crippen LogP contribution in [0.25, 0.3) is 0 Å². The molecular weight excluding hydrogens is 444 g/mol. The molecule has 184 valence electrons. The summed E-state index contributed by atoms with van der Waals surface area (Å²) >= 11 is 0. The zero-order valence-electron chi connectivity index (χ0n) is 19.9. The van der Waals surface area contributed by atoms with Gasteiger partial charge in [-0.3, -0.25) is 0 Å². The van der Waals surface area contributed by atoms with Gasteiger partial charge in [-0.1, -0.05) is 0 Å². The summed E-state index contributed by atoms with van der Waals surface area (Å²) in [5, 5.41) is -0.0944. The molecule has 2 aliphatic carbocycles. The monoisotopic (exact) mass is 480 g/mol. The summed E-state index contributed by atoms with van der Waals surface area (Å²) in [5.41, 5.74) is 0.623. The van der Waals surface area contributed by atoms with E-state index in [-0.39, 0.29) is 40.8 Å². The smallest absolute Gasteiger partial charge is 0.410 e. The molecule has 3 aliphatic rings. The third-order valence-electron chi connectivity index (χ3n) is 6.60. The molecule has 0 radical (unpaired) electrons. The number of carbonyl (C=O) groups is 1. The molecule has 0 N–H and O–H groups in total. The highest BCUT2D eigenvalue weighted by atomic mass is 32.2. The molecule has 2 saturated carbocycles. The number of aromatic nitrogens is 1. The van der Waals surface area contributed by atoms with Gasteiger partial charge in [0.2, 0.25) is 0 Å². The van der Waals surface area contributed by atoms with E-state index in [1.54, 1.807) is 24.0 Å². The summed E-state index contributed by atoms with van der Waals surface area (Å²) in [6.07, 6.45) is 6.95. The summed E-state index contributed by atoms with van der Waals surface area (Å²) in [4.78, 5) is 18.1. The van der Waals surface area contributed by atoms with E-state index in [1.165, 1.54) is 0 Å². The molecule has 0 atom stereocenters. The number of piperidine rings is 1. The number of aryl methyl sites for hydroxylation is 1. The average molecular weight is 481 g/mol. The molecule has 0 bridgehead atoms. The van der Waals surface area contributed by atoms with Gasteiger partial charge in [0.05, 0.1) is 35.4 Å². The number of sulfone groups is 1. The Morgan fingerprint density at radius 2 is 1.58 bits per heavy atom. The Morgan fingerprint density at radius 3 is 2.15 bits per heavy atom. The van der Waals surface area contributed by atoms with Crippen LogP contribution in [0.5, 0.6) is 5.75 Å². The Balaban J connectivity index is 1.20. The highest BCUT2D eigenvalue weighted by Crippen LogP contribution is 2.34. The molecule has 2 heterocycles. The number of nitrogens with zero attached hydrogens (tertiary/aromatic N) is 2. The minimum absolute atomic E-state index is 0.0869. The highest BCUT2D eigenvalue weighted by molar-refractivity contribution is 7.92. The summed E-state index contributed by atoms with van der Waals surface area (Å²) in [6, 6.07) is 3.33. The van der Waals surface area contributed by atoms with E-state index in [4.69, 9.17) is 14.2 Å². The lowest BCUT2D eigenvalue weighted by molar-refractivity contribution is -0.0657. The Bertz CT molecular complexity index is 930. The first-order chi connectivity index (χ1) is 15.7. The second-order valence-electron chi connectivity index (χ2n) is 9.75. The summed E-state index contributed by atoms with van der Waals surface area (Å²) in [7, 11) is -3.29. The van der Waals surface area contributed by atoms with Crippen LogP contribution in [0.2, 0.25) is 0 Å². The van der Waals surface area contributed by atoms with Crippen molar-refractivity contribution in [1.82, 2.24) is 9.88 Å². The van der Waals surface area contributed by atoms with Crippen LogP contribution >= 0.6 is 0 Å². The summed E-state index contributed by atoms with van der Waals surface area (Å²) in [6.45, 7) is 6.88. The fraction of sp³-hybridized carbons (Fsp3) is 0.750. The van der Waals surface area contributed by atoms with Crippen molar-refractivity contribution < 1.29 is 27.4 Å². The van der Waals surface area contributed by atoms with Crippen molar-refractivity contribution in [3.05, 3.63) is 17.8 Å². The molecule has 0 spiro atoms. The number of hydrogen-bond acceptors (Lipinski definition) is 7. The Labute approximate surface area is 196 Å². The topological polar surface area (TPSA) is 95.0 Å². The van der Waals surface area contributed by atoms with Crippen molar-refractivity contribution in [3.8, 4) is 5.75 Å². The first kappa shape index (κ1) is 24.3. The molecule has 1 aliphatic heterocycles. The third kappa shape index (κ3) is 6.18. The molecule has 33 heavy (non-hydrogen) atoms. The molecule has 1 aromatic rings. The molecule has 9 heteroatoms. The molecule has 3 fully saturated rings. The number of rotatable bonds is 7. The second-order valence-corrected chi connectivity index (χ2v) is 11.9. The first-order valence-corrected chi connectivity index (χ1v) is 13.8. The predicted molar refractivity (Wildman–Crippen MR) is 123 cm³/mol.